The van der Waals surface area contributed by atoms with Crippen molar-refractivity contribution in [2.75, 3.05) is 13.1 Å². The molecule has 1 aliphatic heterocycles. The number of nitrogens with zero attached hydrogens (tertiary/aromatic N) is 1. The topological polar surface area (TPSA) is 40.5 Å². The first-order valence-electron chi connectivity index (χ1n) is 4.89. The molecule has 3 nitrogen and oxygen atoms in total. The molecule has 0 aromatic heterocycles. The van der Waals surface area contributed by atoms with Crippen molar-refractivity contribution in [3.05, 3.63) is 0 Å². The van der Waals surface area contributed by atoms with Crippen molar-refractivity contribution >= 4 is 17.5 Å². The Bertz CT molecular complexity index is 272. The van der Waals surface area contributed by atoms with E-state index in [1.807, 2.05) is 0 Å². The summed E-state index contributed by atoms with van der Waals surface area (Å²) in [5.41, 5.74) is -2.67. The normalized spacial score (nSPS) is 23.0. The standard InChI is InChI=1S/C9H13ClF3NO2/c1-6(10)7(15)14-4-2-8(16,3-5-14)9(11,12)13/h6,16H,2-5H2,1H3/t6-/m1/s1. The molecule has 0 aliphatic carbocycles. The minimum atomic E-state index is -4.64. The Morgan fingerprint density at radius 3 is 2.19 bits per heavy atom. The molecular weight excluding hydrogens is 247 g/mol. The van der Waals surface area contributed by atoms with Gasteiger partial charge < -0.3 is 10.0 Å². The maximum atomic E-state index is 12.4. The molecule has 0 aromatic carbocycles. The van der Waals surface area contributed by atoms with Crippen molar-refractivity contribution in [2.24, 2.45) is 0 Å². The van der Waals surface area contributed by atoms with Crippen molar-refractivity contribution < 1.29 is 23.1 Å². The van der Waals surface area contributed by atoms with Crippen LogP contribution in [0.1, 0.15) is 19.8 Å². The van der Waals surface area contributed by atoms with E-state index in [0.29, 0.717) is 0 Å². The predicted octanol–water partition coefficient (Wildman–Crippen LogP) is 1.53. The van der Waals surface area contributed by atoms with Crippen molar-refractivity contribution in [2.45, 2.75) is 36.9 Å². The SMILES string of the molecule is C[C@@H](Cl)C(=O)N1CCC(O)(C(F)(F)F)CC1. The molecule has 0 saturated carbocycles. The molecule has 1 fully saturated rings. The zero-order valence-corrected chi connectivity index (χ0v) is 9.48. The first kappa shape index (κ1) is 13.6. The van der Waals surface area contributed by atoms with Gasteiger partial charge in [-0.2, -0.15) is 13.2 Å². The van der Waals surface area contributed by atoms with E-state index in [1.165, 1.54) is 11.8 Å². The van der Waals surface area contributed by atoms with Gasteiger partial charge in [0.2, 0.25) is 5.91 Å². The number of rotatable bonds is 1. The molecule has 1 rings (SSSR count). The van der Waals surface area contributed by atoms with E-state index >= 15 is 0 Å². The molecule has 1 N–H and O–H groups in total. The summed E-state index contributed by atoms with van der Waals surface area (Å²) in [6, 6.07) is 0. The number of hydrogen-bond acceptors (Lipinski definition) is 2. The Kier molecular flexibility index (Phi) is 3.74. The molecule has 7 heteroatoms. The lowest BCUT2D eigenvalue weighted by atomic mass is 9.90. The number of halogens is 4. The largest absolute Gasteiger partial charge is 0.417 e. The number of carbonyl (C=O) groups is 1. The smallest absolute Gasteiger partial charge is 0.380 e. The van der Waals surface area contributed by atoms with Crippen LogP contribution in [-0.4, -0.2) is 46.2 Å². The summed E-state index contributed by atoms with van der Waals surface area (Å²) >= 11 is 5.55. The van der Waals surface area contributed by atoms with Gasteiger partial charge in [-0.15, -0.1) is 11.6 Å². The average Bonchev–Trinajstić information content (AvgIpc) is 2.16. The lowest BCUT2D eigenvalue weighted by Gasteiger charge is -2.39. The van der Waals surface area contributed by atoms with E-state index in [-0.39, 0.29) is 13.1 Å². The van der Waals surface area contributed by atoms with Gasteiger partial charge in [0, 0.05) is 25.9 Å². The zero-order valence-electron chi connectivity index (χ0n) is 8.72. The van der Waals surface area contributed by atoms with Crippen LogP contribution in [0.25, 0.3) is 0 Å². The number of amides is 1. The van der Waals surface area contributed by atoms with Gasteiger partial charge in [0.05, 0.1) is 0 Å². The highest BCUT2D eigenvalue weighted by molar-refractivity contribution is 6.30. The van der Waals surface area contributed by atoms with E-state index in [2.05, 4.69) is 0 Å². The average molecular weight is 260 g/mol. The molecule has 0 bridgehead atoms. The summed E-state index contributed by atoms with van der Waals surface area (Å²) in [7, 11) is 0. The Morgan fingerprint density at radius 1 is 1.44 bits per heavy atom. The van der Waals surface area contributed by atoms with Crippen molar-refractivity contribution in [3.8, 4) is 0 Å². The summed E-state index contributed by atoms with van der Waals surface area (Å²) in [6.07, 6.45) is -5.63. The van der Waals surface area contributed by atoms with Gasteiger partial charge in [0.15, 0.2) is 5.60 Å². The second-order valence-corrected chi connectivity index (χ2v) is 4.63. The van der Waals surface area contributed by atoms with E-state index in [1.54, 1.807) is 0 Å². The summed E-state index contributed by atoms with van der Waals surface area (Å²) < 4.78 is 37.3. The van der Waals surface area contributed by atoms with Gasteiger partial charge >= 0.3 is 6.18 Å². The number of hydrogen-bond donors (Lipinski definition) is 1. The molecule has 0 radical (unpaired) electrons. The van der Waals surface area contributed by atoms with E-state index < -0.39 is 35.9 Å². The molecule has 1 aliphatic rings. The van der Waals surface area contributed by atoms with Crippen LogP contribution >= 0.6 is 11.6 Å². The Balaban J connectivity index is 2.61. The molecule has 1 atom stereocenters. The van der Waals surface area contributed by atoms with E-state index in [4.69, 9.17) is 11.6 Å². The molecule has 1 saturated heterocycles. The second kappa shape index (κ2) is 4.41. The summed E-state index contributed by atoms with van der Waals surface area (Å²) in [5.74, 6) is -0.397. The molecule has 0 aromatic rings. The van der Waals surface area contributed by atoms with Crippen LogP contribution < -0.4 is 0 Å². The Hall–Kier alpha value is -0.490. The van der Waals surface area contributed by atoms with Gasteiger partial charge in [-0.1, -0.05) is 0 Å². The lowest BCUT2D eigenvalue weighted by Crippen LogP contribution is -2.55. The number of aliphatic hydroxyl groups is 1. The Labute approximate surface area is 96.2 Å². The fraction of sp³-hybridized carbons (Fsp3) is 0.889. The summed E-state index contributed by atoms with van der Waals surface area (Å²) in [4.78, 5) is 12.6. The van der Waals surface area contributed by atoms with Crippen LogP contribution in [0.3, 0.4) is 0 Å². The predicted molar refractivity (Wildman–Crippen MR) is 52.1 cm³/mol. The molecule has 16 heavy (non-hydrogen) atoms. The van der Waals surface area contributed by atoms with Crippen molar-refractivity contribution in [1.82, 2.24) is 4.90 Å². The highest BCUT2D eigenvalue weighted by atomic mass is 35.5. The fourth-order valence-corrected chi connectivity index (χ4v) is 1.77. The highest BCUT2D eigenvalue weighted by Crippen LogP contribution is 2.38. The number of piperidine rings is 1. The van der Waals surface area contributed by atoms with Crippen LogP contribution in [0.4, 0.5) is 13.2 Å². The summed E-state index contributed by atoms with van der Waals surface area (Å²) in [5, 5.41) is 8.60. The lowest BCUT2D eigenvalue weighted by molar-refractivity contribution is -0.272. The summed E-state index contributed by atoms with van der Waals surface area (Å²) in [6.45, 7) is 1.23. The molecule has 94 valence electrons. The first-order valence-corrected chi connectivity index (χ1v) is 5.33. The number of carbonyl (C=O) groups excluding carboxylic acids is 1. The van der Waals surface area contributed by atoms with Gasteiger partial charge in [0.1, 0.15) is 5.38 Å². The van der Waals surface area contributed by atoms with Crippen molar-refractivity contribution in [3.63, 3.8) is 0 Å². The molecule has 0 unspecified atom stereocenters. The monoisotopic (exact) mass is 259 g/mol. The third kappa shape index (κ3) is 2.60. The minimum absolute atomic E-state index is 0.119. The molecule has 0 spiro atoms. The van der Waals surface area contributed by atoms with Gasteiger partial charge in [-0.3, -0.25) is 4.79 Å². The Morgan fingerprint density at radius 2 is 1.88 bits per heavy atom. The van der Waals surface area contributed by atoms with E-state index in [0.717, 1.165) is 0 Å². The maximum Gasteiger partial charge on any atom is 0.417 e. The number of alkyl halides is 4. The van der Waals surface area contributed by atoms with Crippen molar-refractivity contribution in [1.29, 1.82) is 0 Å². The van der Waals surface area contributed by atoms with Crippen LogP contribution in [0.5, 0.6) is 0 Å². The fourth-order valence-electron chi connectivity index (χ4n) is 1.63. The van der Waals surface area contributed by atoms with Gasteiger partial charge in [-0.05, 0) is 6.92 Å². The third-order valence-electron chi connectivity index (χ3n) is 2.77. The second-order valence-electron chi connectivity index (χ2n) is 3.97. The minimum Gasteiger partial charge on any atom is -0.380 e. The first-order chi connectivity index (χ1) is 7.17. The highest BCUT2D eigenvalue weighted by Gasteiger charge is 2.54. The van der Waals surface area contributed by atoms with E-state index in [9.17, 15) is 23.1 Å². The van der Waals surface area contributed by atoms with Crippen LogP contribution in [0, 0.1) is 0 Å². The van der Waals surface area contributed by atoms with Crippen LogP contribution in [-0.2, 0) is 4.79 Å². The third-order valence-corrected chi connectivity index (χ3v) is 2.96. The molecule has 1 amide bonds. The van der Waals surface area contributed by atoms with Gasteiger partial charge in [0.25, 0.3) is 0 Å². The zero-order chi connectivity index (χ0) is 12.6. The number of likely N-dealkylation sites (tertiary alicyclic amines) is 1. The maximum absolute atomic E-state index is 12.4. The molecule has 1 heterocycles. The van der Waals surface area contributed by atoms with Gasteiger partial charge in [-0.25, -0.2) is 0 Å². The van der Waals surface area contributed by atoms with Crippen LogP contribution in [0.2, 0.25) is 0 Å². The molecular formula is C9H13ClF3NO2. The quantitative estimate of drug-likeness (QED) is 0.726. The van der Waals surface area contributed by atoms with Crippen LogP contribution in [0.15, 0.2) is 0 Å².